The maximum atomic E-state index is 5.25. The number of benzene rings is 1. The minimum Gasteiger partial charge on any atom is -0.493 e. The van der Waals surface area contributed by atoms with Crippen LogP contribution in [-0.4, -0.2) is 27.1 Å². The van der Waals surface area contributed by atoms with E-state index in [4.69, 9.17) is 14.2 Å². The summed E-state index contributed by atoms with van der Waals surface area (Å²) in [7, 11) is 4.85. The number of methoxy groups -OCH3 is 3. The molecule has 1 aromatic carbocycles. The Morgan fingerprint density at radius 2 is 1.53 bits per heavy atom. The normalized spacial score (nSPS) is 9.87. The Kier molecular flexibility index (Phi) is 4.62. The van der Waals surface area contributed by atoms with Gasteiger partial charge in [0.1, 0.15) is 0 Å². The van der Waals surface area contributed by atoms with Gasteiger partial charge in [-0.05, 0) is 17.9 Å². The van der Waals surface area contributed by atoms with Gasteiger partial charge in [0.25, 0.3) is 0 Å². The Morgan fingerprint density at radius 1 is 1.00 bits per heavy atom. The van der Waals surface area contributed by atoms with Crippen LogP contribution in [0.4, 0.5) is 0 Å². The summed E-state index contributed by atoms with van der Waals surface area (Å²) in [4.78, 5) is 1.12. The average Bonchev–Trinajstić information content (AvgIpc) is 2.28. The SMILES string of the molecule is CCSc1cc(OC)c(OC)c(OC)c1. The number of hydrogen-bond acceptors (Lipinski definition) is 4. The second kappa shape index (κ2) is 5.75. The Hall–Kier alpha value is -1.03. The van der Waals surface area contributed by atoms with Crippen molar-refractivity contribution in [2.24, 2.45) is 0 Å². The van der Waals surface area contributed by atoms with E-state index in [1.807, 2.05) is 12.1 Å². The first kappa shape index (κ1) is 12.0. The van der Waals surface area contributed by atoms with E-state index < -0.39 is 0 Å². The van der Waals surface area contributed by atoms with Crippen LogP contribution in [0.3, 0.4) is 0 Å². The summed E-state index contributed by atoms with van der Waals surface area (Å²) in [5, 5.41) is 0. The highest BCUT2D eigenvalue weighted by Gasteiger charge is 2.12. The van der Waals surface area contributed by atoms with Crippen molar-refractivity contribution in [3.8, 4) is 17.2 Å². The molecule has 0 bridgehead atoms. The third-order valence-electron chi connectivity index (χ3n) is 1.95. The Labute approximate surface area is 94.7 Å². The summed E-state index contributed by atoms with van der Waals surface area (Å²) in [5.74, 6) is 3.06. The Morgan fingerprint density at radius 3 is 1.87 bits per heavy atom. The summed E-state index contributed by atoms with van der Waals surface area (Å²) >= 11 is 1.74. The van der Waals surface area contributed by atoms with Crippen molar-refractivity contribution in [2.45, 2.75) is 11.8 Å². The van der Waals surface area contributed by atoms with Gasteiger partial charge in [-0.1, -0.05) is 6.92 Å². The van der Waals surface area contributed by atoms with Crippen molar-refractivity contribution < 1.29 is 14.2 Å². The number of hydrogen-bond donors (Lipinski definition) is 0. The van der Waals surface area contributed by atoms with Gasteiger partial charge in [-0.3, -0.25) is 0 Å². The van der Waals surface area contributed by atoms with E-state index in [2.05, 4.69) is 6.92 Å². The highest BCUT2D eigenvalue weighted by atomic mass is 32.2. The first-order valence-electron chi connectivity index (χ1n) is 4.69. The van der Waals surface area contributed by atoms with Crippen molar-refractivity contribution >= 4 is 11.8 Å². The van der Waals surface area contributed by atoms with Crippen LogP contribution in [0, 0.1) is 0 Å². The topological polar surface area (TPSA) is 27.7 Å². The molecule has 0 spiro atoms. The van der Waals surface area contributed by atoms with Crippen LogP contribution < -0.4 is 14.2 Å². The lowest BCUT2D eigenvalue weighted by atomic mass is 10.3. The molecule has 0 unspecified atom stereocenters. The van der Waals surface area contributed by atoms with Gasteiger partial charge >= 0.3 is 0 Å². The summed E-state index contributed by atoms with van der Waals surface area (Å²) in [5.41, 5.74) is 0. The lowest BCUT2D eigenvalue weighted by molar-refractivity contribution is 0.323. The monoisotopic (exact) mass is 228 g/mol. The fourth-order valence-corrected chi connectivity index (χ4v) is 2.02. The molecule has 4 heteroatoms. The average molecular weight is 228 g/mol. The van der Waals surface area contributed by atoms with Crippen molar-refractivity contribution in [3.05, 3.63) is 12.1 Å². The number of thioether (sulfide) groups is 1. The molecule has 0 fully saturated rings. The molecule has 0 N–H and O–H groups in total. The van der Waals surface area contributed by atoms with Gasteiger partial charge in [0.15, 0.2) is 11.5 Å². The van der Waals surface area contributed by atoms with Crippen LogP contribution >= 0.6 is 11.8 Å². The molecule has 0 amide bonds. The van der Waals surface area contributed by atoms with Crippen LogP contribution in [0.1, 0.15) is 6.92 Å². The van der Waals surface area contributed by atoms with Gasteiger partial charge in [-0.15, -0.1) is 11.8 Å². The van der Waals surface area contributed by atoms with Gasteiger partial charge < -0.3 is 14.2 Å². The maximum absolute atomic E-state index is 5.25. The summed E-state index contributed by atoms with van der Waals surface area (Å²) in [6, 6.07) is 3.91. The van der Waals surface area contributed by atoms with E-state index >= 15 is 0 Å². The highest BCUT2D eigenvalue weighted by Crippen LogP contribution is 2.40. The largest absolute Gasteiger partial charge is 0.493 e. The Bertz CT molecular complexity index is 301. The summed E-state index contributed by atoms with van der Waals surface area (Å²) < 4.78 is 15.7. The molecule has 3 nitrogen and oxygen atoms in total. The maximum Gasteiger partial charge on any atom is 0.203 e. The first-order valence-corrected chi connectivity index (χ1v) is 5.68. The fraction of sp³-hybridized carbons (Fsp3) is 0.455. The Balaban J connectivity index is 3.16. The van der Waals surface area contributed by atoms with Crippen LogP contribution in [0.15, 0.2) is 17.0 Å². The molecule has 0 aliphatic rings. The van der Waals surface area contributed by atoms with Crippen LogP contribution in [-0.2, 0) is 0 Å². The van der Waals surface area contributed by atoms with Gasteiger partial charge in [-0.25, -0.2) is 0 Å². The molecule has 0 aliphatic heterocycles. The van der Waals surface area contributed by atoms with Crippen LogP contribution in [0.25, 0.3) is 0 Å². The van der Waals surface area contributed by atoms with Crippen molar-refractivity contribution in [3.63, 3.8) is 0 Å². The summed E-state index contributed by atoms with van der Waals surface area (Å²) in [6.07, 6.45) is 0. The van der Waals surface area contributed by atoms with Gasteiger partial charge in [-0.2, -0.15) is 0 Å². The van der Waals surface area contributed by atoms with E-state index in [1.54, 1.807) is 33.1 Å². The molecule has 1 aromatic rings. The second-order valence-electron chi connectivity index (χ2n) is 2.79. The predicted octanol–water partition coefficient (Wildman–Crippen LogP) is 2.82. The molecule has 0 aliphatic carbocycles. The van der Waals surface area contributed by atoms with Gasteiger partial charge in [0.05, 0.1) is 21.3 Å². The molecule has 0 radical (unpaired) electrons. The fourth-order valence-electron chi connectivity index (χ4n) is 1.31. The minimum atomic E-state index is 0.639. The zero-order valence-electron chi connectivity index (χ0n) is 9.49. The molecule has 0 atom stereocenters. The molecule has 0 saturated carbocycles. The van der Waals surface area contributed by atoms with Gasteiger partial charge in [0.2, 0.25) is 5.75 Å². The lowest BCUT2D eigenvalue weighted by Gasteiger charge is -2.13. The van der Waals surface area contributed by atoms with E-state index in [9.17, 15) is 0 Å². The molecule has 0 saturated heterocycles. The van der Waals surface area contributed by atoms with Gasteiger partial charge in [0, 0.05) is 4.90 Å². The molecule has 0 heterocycles. The van der Waals surface area contributed by atoms with E-state index in [0.717, 1.165) is 10.6 Å². The smallest absolute Gasteiger partial charge is 0.203 e. The lowest BCUT2D eigenvalue weighted by Crippen LogP contribution is -1.95. The molecular weight excluding hydrogens is 212 g/mol. The molecule has 84 valence electrons. The third-order valence-corrected chi connectivity index (χ3v) is 2.81. The van der Waals surface area contributed by atoms with Crippen molar-refractivity contribution in [1.29, 1.82) is 0 Å². The number of rotatable bonds is 5. The predicted molar refractivity (Wildman–Crippen MR) is 62.5 cm³/mol. The van der Waals surface area contributed by atoms with Crippen molar-refractivity contribution in [2.75, 3.05) is 27.1 Å². The van der Waals surface area contributed by atoms with Crippen molar-refractivity contribution in [1.82, 2.24) is 0 Å². The van der Waals surface area contributed by atoms with Crippen LogP contribution in [0.2, 0.25) is 0 Å². The third kappa shape index (κ3) is 2.72. The molecule has 0 aromatic heterocycles. The molecule has 15 heavy (non-hydrogen) atoms. The van der Waals surface area contributed by atoms with E-state index in [1.165, 1.54) is 0 Å². The quantitative estimate of drug-likeness (QED) is 0.724. The second-order valence-corrected chi connectivity index (χ2v) is 4.13. The first-order chi connectivity index (χ1) is 7.26. The van der Waals surface area contributed by atoms with Crippen LogP contribution in [0.5, 0.6) is 17.2 Å². The summed E-state index contributed by atoms with van der Waals surface area (Å²) in [6.45, 7) is 2.11. The highest BCUT2D eigenvalue weighted by molar-refractivity contribution is 7.99. The zero-order valence-corrected chi connectivity index (χ0v) is 10.3. The van der Waals surface area contributed by atoms with E-state index in [0.29, 0.717) is 17.2 Å². The molecule has 1 rings (SSSR count). The molecular formula is C11H16O3S. The zero-order chi connectivity index (χ0) is 11.3. The standard InChI is InChI=1S/C11H16O3S/c1-5-15-8-6-9(12-2)11(14-4)10(7-8)13-3/h6-7H,5H2,1-4H3. The minimum absolute atomic E-state index is 0.639. The van der Waals surface area contributed by atoms with E-state index in [-0.39, 0.29) is 0 Å². The number of ether oxygens (including phenoxy) is 3.